The summed E-state index contributed by atoms with van der Waals surface area (Å²) in [5, 5.41) is 13.3. The van der Waals surface area contributed by atoms with E-state index in [1.54, 1.807) is 37.7 Å². The Morgan fingerprint density at radius 1 is 0.921 bits per heavy atom. The Balaban J connectivity index is 0.784. The number of likely N-dealkylation sites (tertiary alicyclic amines) is 3. The van der Waals surface area contributed by atoms with Gasteiger partial charge in [0.15, 0.2) is 17.2 Å². The normalized spacial score (nSPS) is 20.6. The largest absolute Gasteiger partial charge is 0.385 e. The summed E-state index contributed by atoms with van der Waals surface area (Å²) in [6, 6.07) is 10.8. The molecule has 2 aromatic carbocycles. The second-order valence-corrected chi connectivity index (χ2v) is 18.2. The van der Waals surface area contributed by atoms with Crippen LogP contribution in [0, 0.1) is 18.3 Å². The average molecular weight is 886 g/mol. The molecular weight excluding hydrogens is 832 g/mol. The Morgan fingerprint density at radius 2 is 1.65 bits per heavy atom. The number of piperidine rings is 3. The molecule has 7 heterocycles. The molecule has 5 aliphatic rings. The smallest absolute Gasteiger partial charge is 0.328 e. The maximum atomic E-state index is 16.4. The molecule has 2 aromatic heterocycles. The number of anilines is 4. The zero-order chi connectivity index (χ0) is 44.2. The highest BCUT2D eigenvalue weighted by molar-refractivity contribution is 6.35. The number of imidazole rings is 1. The van der Waals surface area contributed by atoms with Crippen LogP contribution < -0.4 is 25.8 Å². The van der Waals surface area contributed by atoms with Gasteiger partial charge in [0.2, 0.25) is 5.91 Å². The molecule has 0 saturated carbocycles. The van der Waals surface area contributed by atoms with Gasteiger partial charge in [0.25, 0.3) is 17.7 Å². The van der Waals surface area contributed by atoms with Crippen LogP contribution in [-0.2, 0) is 17.8 Å². The van der Waals surface area contributed by atoms with Crippen molar-refractivity contribution >= 4 is 63.9 Å². The molecule has 5 aliphatic heterocycles. The molecular formula is C45H54ClF2N11O4. The number of imide groups is 1. The molecule has 9 rings (SSSR count). The van der Waals surface area contributed by atoms with E-state index in [0.717, 1.165) is 48.3 Å². The number of carbonyl (C=O) groups excluding carboxylic acids is 4. The predicted molar refractivity (Wildman–Crippen MR) is 236 cm³/mol. The molecule has 0 radical (unpaired) electrons. The number of urea groups is 1. The number of benzene rings is 2. The topological polar surface area (TPSA) is 151 Å². The van der Waals surface area contributed by atoms with E-state index in [4.69, 9.17) is 16.7 Å². The molecule has 4 aromatic rings. The van der Waals surface area contributed by atoms with Crippen molar-refractivity contribution in [3.63, 3.8) is 0 Å². The molecule has 15 nitrogen and oxygen atoms in total. The van der Waals surface area contributed by atoms with Crippen LogP contribution in [0.4, 0.5) is 36.5 Å². The maximum Gasteiger partial charge on any atom is 0.328 e. The highest BCUT2D eigenvalue weighted by Gasteiger charge is 2.57. The van der Waals surface area contributed by atoms with Gasteiger partial charge in [-0.15, -0.1) is 5.10 Å². The highest BCUT2D eigenvalue weighted by atomic mass is 35.5. The number of rotatable bonds is 9. The second kappa shape index (κ2) is 17.0. The van der Waals surface area contributed by atoms with Gasteiger partial charge in [0.05, 0.1) is 29.1 Å². The van der Waals surface area contributed by atoms with Crippen molar-refractivity contribution in [3.05, 3.63) is 75.6 Å². The molecule has 63 heavy (non-hydrogen) atoms. The molecule has 0 atom stereocenters. The minimum absolute atomic E-state index is 0.127. The Bertz CT molecular complexity index is 2460. The Labute approximate surface area is 370 Å². The van der Waals surface area contributed by atoms with Gasteiger partial charge in [-0.3, -0.25) is 29.5 Å². The van der Waals surface area contributed by atoms with Crippen LogP contribution in [0.5, 0.6) is 0 Å². The van der Waals surface area contributed by atoms with Gasteiger partial charge in [-0.25, -0.2) is 23.1 Å². The van der Waals surface area contributed by atoms with E-state index in [1.165, 1.54) is 11.1 Å². The predicted octanol–water partition coefficient (Wildman–Crippen LogP) is 5.71. The number of nitrogens with one attached hydrogen (secondary N) is 3. The van der Waals surface area contributed by atoms with Gasteiger partial charge in [0, 0.05) is 82.5 Å². The maximum absolute atomic E-state index is 16.4. The molecule has 4 saturated heterocycles. The van der Waals surface area contributed by atoms with E-state index < -0.39 is 17.4 Å². The van der Waals surface area contributed by atoms with Crippen molar-refractivity contribution in [3.8, 4) is 0 Å². The molecule has 4 fully saturated rings. The zero-order valence-corrected chi connectivity index (χ0v) is 36.7. The second-order valence-electron chi connectivity index (χ2n) is 17.8. The summed E-state index contributed by atoms with van der Waals surface area (Å²) in [6.07, 6.45) is 5.44. The number of nitrogens with zero attached hydrogens (tertiary/aromatic N) is 8. The first-order valence-electron chi connectivity index (χ1n) is 22.0. The number of carbonyl (C=O) groups is 4. The van der Waals surface area contributed by atoms with Crippen LogP contribution in [0.1, 0.15) is 76.1 Å². The third kappa shape index (κ3) is 7.96. The first-order chi connectivity index (χ1) is 30.3. The SMILES string of the molecule is CNC(=O)c1cnc2c(NC)cc(N3CCc4c(CN5CCC6(CCN(CC7CCN(C(=O)c8cc(C)c(Cl)c(N9CCC(=O)NC9=O)c8)CC7)CC6)C(F)(F)C5)cccc43)nn12. The van der Waals surface area contributed by atoms with Crippen molar-refractivity contribution < 1.29 is 28.0 Å². The fraction of sp³-hybridized carbons (Fsp3) is 0.511. The Kier molecular flexibility index (Phi) is 11.5. The number of aryl methyl sites for hydroxylation is 1. The van der Waals surface area contributed by atoms with Crippen LogP contribution in [0.2, 0.25) is 5.02 Å². The fourth-order valence-electron chi connectivity index (χ4n) is 10.4. The van der Waals surface area contributed by atoms with E-state index in [-0.39, 0.29) is 37.2 Å². The first kappa shape index (κ1) is 42.9. The van der Waals surface area contributed by atoms with E-state index in [2.05, 4.69) is 36.8 Å². The number of aromatic nitrogens is 3. The van der Waals surface area contributed by atoms with Crippen molar-refractivity contribution in [2.75, 3.05) is 88.1 Å². The molecule has 0 unspecified atom stereocenters. The molecule has 3 N–H and O–H groups in total. The van der Waals surface area contributed by atoms with Crippen molar-refractivity contribution in [2.24, 2.45) is 11.3 Å². The van der Waals surface area contributed by atoms with E-state index >= 15 is 8.78 Å². The third-order valence-corrected chi connectivity index (χ3v) is 14.6. The summed E-state index contributed by atoms with van der Waals surface area (Å²) < 4.78 is 34.4. The summed E-state index contributed by atoms with van der Waals surface area (Å²) in [7, 11) is 3.37. The van der Waals surface area contributed by atoms with Crippen LogP contribution in [0.25, 0.3) is 5.65 Å². The van der Waals surface area contributed by atoms with E-state index in [9.17, 15) is 19.2 Å². The van der Waals surface area contributed by atoms with Gasteiger partial charge in [-0.2, -0.15) is 0 Å². The number of fused-ring (bicyclic) bond motifs is 2. The van der Waals surface area contributed by atoms with Crippen LogP contribution in [0.3, 0.4) is 0 Å². The van der Waals surface area contributed by atoms with Gasteiger partial charge in [0.1, 0.15) is 0 Å². The number of alkyl halides is 2. The van der Waals surface area contributed by atoms with E-state index in [1.807, 2.05) is 28.0 Å². The molecule has 1 spiro atoms. The van der Waals surface area contributed by atoms with E-state index in [0.29, 0.717) is 110 Å². The molecule has 334 valence electrons. The number of hydrogen-bond donors (Lipinski definition) is 3. The number of amides is 5. The van der Waals surface area contributed by atoms with Gasteiger partial charge in [-0.05, 0) is 106 Å². The molecule has 5 amide bonds. The standard InChI is InChI=1S/C45H54ClF2N11O4/c1-28-21-31(22-35(39(28)46)58-17-10-38(60)52-43(58)63)42(62)56-14-7-29(8-15-56)25-54-18-11-44(12-19-54)13-20-55(27-45(44,47)48)26-30-5-4-6-34-32(30)9-16-57(34)37-23-33(49-2)40-51-24-36(41(61)50-3)59(40)53-37/h4-6,21-24,29,49H,7-20,25-27H2,1-3H3,(H,50,61)(H,52,60,63). The van der Waals surface area contributed by atoms with Crippen molar-refractivity contribution in [2.45, 2.75) is 64.3 Å². The zero-order valence-electron chi connectivity index (χ0n) is 36.0. The number of hydrogen-bond acceptors (Lipinski definition) is 10. The lowest BCUT2D eigenvalue weighted by molar-refractivity contribution is -0.189. The fourth-order valence-corrected chi connectivity index (χ4v) is 10.6. The summed E-state index contributed by atoms with van der Waals surface area (Å²) >= 11 is 6.57. The first-order valence-corrected chi connectivity index (χ1v) is 22.4. The summed E-state index contributed by atoms with van der Waals surface area (Å²) in [5.74, 6) is -2.56. The van der Waals surface area contributed by atoms with Crippen molar-refractivity contribution in [1.29, 1.82) is 0 Å². The summed E-state index contributed by atoms with van der Waals surface area (Å²) in [6.45, 7) is 6.72. The Hall–Kier alpha value is -5.39. The van der Waals surface area contributed by atoms with Gasteiger partial charge in [-0.1, -0.05) is 23.7 Å². The lowest BCUT2D eigenvalue weighted by Crippen LogP contribution is -2.59. The monoisotopic (exact) mass is 885 g/mol. The van der Waals surface area contributed by atoms with Gasteiger partial charge >= 0.3 is 6.03 Å². The third-order valence-electron chi connectivity index (χ3n) is 14.1. The summed E-state index contributed by atoms with van der Waals surface area (Å²) in [5.41, 5.74) is 5.30. The molecule has 0 aliphatic carbocycles. The van der Waals surface area contributed by atoms with Crippen molar-refractivity contribution in [1.82, 2.24) is 39.9 Å². The molecule has 0 bridgehead atoms. The summed E-state index contributed by atoms with van der Waals surface area (Å²) in [4.78, 5) is 64.6. The van der Waals surface area contributed by atoms with Crippen LogP contribution in [-0.4, -0.2) is 132 Å². The lowest BCUT2D eigenvalue weighted by atomic mass is 9.68. The minimum Gasteiger partial charge on any atom is -0.385 e. The average Bonchev–Trinajstić information content (AvgIpc) is 3.92. The lowest BCUT2D eigenvalue weighted by Gasteiger charge is -2.51. The van der Waals surface area contributed by atoms with Crippen LogP contribution >= 0.6 is 11.6 Å². The van der Waals surface area contributed by atoms with Crippen LogP contribution in [0.15, 0.2) is 42.6 Å². The number of halogens is 3. The molecule has 18 heteroatoms. The highest BCUT2D eigenvalue weighted by Crippen LogP contribution is 2.51. The minimum atomic E-state index is -2.82. The van der Waals surface area contributed by atoms with Gasteiger partial charge < -0.3 is 25.3 Å². The quantitative estimate of drug-likeness (QED) is 0.191. The Morgan fingerprint density at radius 3 is 2.37 bits per heavy atom.